The number of para-hydroxylation sites is 1. The van der Waals surface area contributed by atoms with Crippen LogP contribution in [0.15, 0.2) is 82.6 Å². The Kier molecular flexibility index (Phi) is 8.48. The lowest BCUT2D eigenvalue weighted by atomic mass is 9.88. The van der Waals surface area contributed by atoms with E-state index >= 15 is 0 Å². The van der Waals surface area contributed by atoms with Gasteiger partial charge in [0.2, 0.25) is 5.91 Å². The van der Waals surface area contributed by atoms with Gasteiger partial charge in [0.05, 0.1) is 27.8 Å². The summed E-state index contributed by atoms with van der Waals surface area (Å²) in [5.41, 5.74) is 3.31. The molecule has 3 aromatic rings. The maximum absolute atomic E-state index is 13.7. The van der Waals surface area contributed by atoms with Crippen LogP contribution in [0.3, 0.4) is 0 Å². The van der Waals surface area contributed by atoms with Crippen LogP contribution >= 0.6 is 34.9 Å². The van der Waals surface area contributed by atoms with Crippen molar-refractivity contribution in [3.05, 3.63) is 88.8 Å². The second kappa shape index (κ2) is 12.4. The van der Waals surface area contributed by atoms with Crippen molar-refractivity contribution in [2.45, 2.75) is 65.9 Å². The van der Waals surface area contributed by atoms with Gasteiger partial charge in [0.1, 0.15) is 11.1 Å². The SMILES string of the molecule is CCC(Sc1cccc(NC(=O)N2c3ccccc3SC3C=CC=CC32)c1)C(=O)Nc1sc2c(c1C#N)CCC(C)C2. The minimum Gasteiger partial charge on any atom is -0.316 e. The maximum Gasteiger partial charge on any atom is 0.326 e. The van der Waals surface area contributed by atoms with Crippen LogP contribution in [0.1, 0.15) is 42.7 Å². The Morgan fingerprint density at radius 2 is 1.98 bits per heavy atom. The summed E-state index contributed by atoms with van der Waals surface area (Å²) in [6.07, 6.45) is 11.8. The molecule has 0 saturated carbocycles. The van der Waals surface area contributed by atoms with E-state index in [4.69, 9.17) is 0 Å². The second-order valence-corrected chi connectivity index (χ2v) is 14.4. The van der Waals surface area contributed by atoms with Crippen LogP contribution in [0, 0.1) is 17.2 Å². The lowest BCUT2D eigenvalue weighted by Gasteiger charge is -2.40. The minimum atomic E-state index is -0.341. The summed E-state index contributed by atoms with van der Waals surface area (Å²) < 4.78 is 0. The van der Waals surface area contributed by atoms with Crippen LogP contribution in [-0.4, -0.2) is 28.5 Å². The number of carbonyl (C=O) groups excluding carboxylic acids is 2. The third kappa shape index (κ3) is 5.76. The number of hydrogen-bond donors (Lipinski definition) is 2. The summed E-state index contributed by atoms with van der Waals surface area (Å²) in [6.45, 7) is 4.22. The highest BCUT2D eigenvalue weighted by molar-refractivity contribution is 8.00. The van der Waals surface area contributed by atoms with Crippen molar-refractivity contribution >= 4 is 63.2 Å². The van der Waals surface area contributed by atoms with E-state index in [9.17, 15) is 14.9 Å². The molecule has 9 heteroatoms. The van der Waals surface area contributed by atoms with Gasteiger partial charge in [-0.25, -0.2) is 4.79 Å². The Hall–Kier alpha value is -3.45. The van der Waals surface area contributed by atoms with Crippen LogP contribution in [0.25, 0.3) is 0 Å². The van der Waals surface area contributed by atoms with E-state index in [1.165, 1.54) is 16.6 Å². The first-order chi connectivity index (χ1) is 20.4. The molecule has 2 aliphatic carbocycles. The van der Waals surface area contributed by atoms with E-state index in [-0.39, 0.29) is 28.5 Å². The van der Waals surface area contributed by atoms with Crippen LogP contribution < -0.4 is 15.5 Å². The third-order valence-electron chi connectivity index (χ3n) is 7.85. The minimum absolute atomic E-state index is 0.0787. The first kappa shape index (κ1) is 28.7. The van der Waals surface area contributed by atoms with Gasteiger partial charge in [0, 0.05) is 20.4 Å². The largest absolute Gasteiger partial charge is 0.326 e. The van der Waals surface area contributed by atoms with Gasteiger partial charge >= 0.3 is 6.03 Å². The molecule has 6 nitrogen and oxygen atoms in total. The zero-order valence-corrected chi connectivity index (χ0v) is 26.0. The fourth-order valence-electron chi connectivity index (χ4n) is 5.69. The number of hydrogen-bond acceptors (Lipinski definition) is 6. The molecular formula is C33H32N4O2S3. The molecule has 4 atom stereocenters. The monoisotopic (exact) mass is 612 g/mol. The number of anilines is 3. The Morgan fingerprint density at radius 3 is 2.81 bits per heavy atom. The molecular weight excluding hydrogens is 581 g/mol. The van der Waals surface area contributed by atoms with Crippen LogP contribution in [0.2, 0.25) is 0 Å². The first-order valence-electron chi connectivity index (χ1n) is 14.3. The van der Waals surface area contributed by atoms with Gasteiger partial charge in [0.15, 0.2) is 0 Å². The van der Waals surface area contributed by atoms with E-state index in [0.717, 1.165) is 40.3 Å². The van der Waals surface area contributed by atoms with E-state index in [2.05, 4.69) is 41.8 Å². The van der Waals surface area contributed by atoms with Crippen molar-refractivity contribution in [3.8, 4) is 6.07 Å². The first-order valence-corrected chi connectivity index (χ1v) is 16.9. The molecule has 2 heterocycles. The van der Waals surface area contributed by atoms with Gasteiger partial charge in [-0.2, -0.15) is 5.26 Å². The van der Waals surface area contributed by atoms with E-state index < -0.39 is 0 Å². The summed E-state index contributed by atoms with van der Waals surface area (Å²) in [6, 6.07) is 17.7. The summed E-state index contributed by atoms with van der Waals surface area (Å²) in [5, 5.41) is 16.5. The van der Waals surface area contributed by atoms with Crippen molar-refractivity contribution in [1.82, 2.24) is 0 Å². The summed E-state index contributed by atoms with van der Waals surface area (Å²) >= 11 is 4.80. The molecule has 0 saturated heterocycles. The molecule has 2 N–H and O–H groups in total. The molecule has 0 bridgehead atoms. The Labute approximate surface area is 259 Å². The average molecular weight is 613 g/mol. The molecule has 0 spiro atoms. The highest BCUT2D eigenvalue weighted by Gasteiger charge is 2.36. The second-order valence-electron chi connectivity index (χ2n) is 10.8. The van der Waals surface area contributed by atoms with Gasteiger partial charge in [-0.15, -0.1) is 34.9 Å². The smallest absolute Gasteiger partial charge is 0.316 e. The number of carbonyl (C=O) groups is 2. The fraction of sp³-hybridized carbons (Fsp3) is 0.303. The molecule has 1 aromatic heterocycles. The fourth-order valence-corrected chi connectivity index (χ4v) is 9.33. The van der Waals surface area contributed by atoms with Crippen molar-refractivity contribution in [1.29, 1.82) is 5.26 Å². The molecule has 0 fully saturated rings. The van der Waals surface area contributed by atoms with Gasteiger partial charge in [-0.05, 0) is 67.5 Å². The zero-order valence-electron chi connectivity index (χ0n) is 23.5. The number of fused-ring (bicyclic) bond motifs is 3. The van der Waals surface area contributed by atoms with Crippen molar-refractivity contribution in [2.24, 2.45) is 5.92 Å². The molecule has 6 rings (SSSR count). The van der Waals surface area contributed by atoms with E-state index in [1.807, 2.05) is 66.4 Å². The normalized spacial score (nSPS) is 21.0. The average Bonchev–Trinajstić information content (AvgIpc) is 3.34. The number of benzene rings is 2. The van der Waals surface area contributed by atoms with Crippen LogP contribution in [0.5, 0.6) is 0 Å². The Balaban J connectivity index is 1.16. The number of rotatable bonds is 6. The van der Waals surface area contributed by atoms with Crippen LogP contribution in [-0.2, 0) is 17.6 Å². The lowest BCUT2D eigenvalue weighted by molar-refractivity contribution is -0.115. The number of allylic oxidation sites excluding steroid dienone is 2. The summed E-state index contributed by atoms with van der Waals surface area (Å²) in [5.74, 6) is 0.490. The zero-order chi connectivity index (χ0) is 29.2. The Bertz CT molecular complexity index is 1620. The molecule has 2 aromatic carbocycles. The van der Waals surface area contributed by atoms with Gasteiger partial charge in [-0.1, -0.05) is 56.4 Å². The third-order valence-corrected chi connectivity index (χ3v) is 11.7. The lowest BCUT2D eigenvalue weighted by Crippen LogP contribution is -2.49. The standard InChI is InChI=1S/C33H32N4O2S3/c1-3-27(31(38)36-32-24(19-34)23-16-15-20(2)17-30(23)42-32)40-22-10-8-9-21(18-22)35-33(39)37-25-11-4-6-13-28(25)41-29-14-7-5-12-26(29)37/h4-14,18,20,25,27-28H,3,15-17H2,1-2H3,(H,35,39)(H,36,38). The number of nitrogens with zero attached hydrogens (tertiary/aromatic N) is 2. The predicted octanol–water partition coefficient (Wildman–Crippen LogP) is 8.26. The van der Waals surface area contributed by atoms with Gasteiger partial charge in [-0.3, -0.25) is 9.69 Å². The predicted molar refractivity (Wildman–Crippen MR) is 175 cm³/mol. The number of thiophene rings is 1. The van der Waals surface area contributed by atoms with Gasteiger partial charge < -0.3 is 10.6 Å². The number of thioether (sulfide) groups is 2. The van der Waals surface area contributed by atoms with Crippen molar-refractivity contribution in [2.75, 3.05) is 15.5 Å². The quantitative estimate of drug-likeness (QED) is 0.274. The number of urea groups is 1. The molecule has 1 aliphatic heterocycles. The number of nitriles is 1. The summed E-state index contributed by atoms with van der Waals surface area (Å²) in [7, 11) is 0. The molecule has 214 valence electrons. The molecule has 4 unspecified atom stereocenters. The van der Waals surface area contributed by atoms with E-state index in [1.54, 1.807) is 23.1 Å². The van der Waals surface area contributed by atoms with Crippen molar-refractivity contribution < 1.29 is 9.59 Å². The molecule has 0 radical (unpaired) electrons. The number of nitrogens with one attached hydrogen (secondary N) is 2. The maximum atomic E-state index is 13.7. The Morgan fingerprint density at radius 1 is 1.14 bits per heavy atom. The topological polar surface area (TPSA) is 85.2 Å². The highest BCUT2D eigenvalue weighted by Crippen LogP contribution is 2.44. The molecule has 42 heavy (non-hydrogen) atoms. The van der Waals surface area contributed by atoms with E-state index in [0.29, 0.717) is 28.6 Å². The van der Waals surface area contributed by atoms with Gasteiger partial charge in [0.25, 0.3) is 0 Å². The highest BCUT2D eigenvalue weighted by atomic mass is 32.2. The van der Waals surface area contributed by atoms with Crippen LogP contribution in [0.4, 0.5) is 21.2 Å². The summed E-state index contributed by atoms with van der Waals surface area (Å²) in [4.78, 5) is 32.1. The van der Waals surface area contributed by atoms with Crippen molar-refractivity contribution in [3.63, 3.8) is 0 Å². The molecule has 3 amide bonds. The number of amides is 3. The molecule has 3 aliphatic rings.